The Labute approximate surface area is 194 Å². The van der Waals surface area contributed by atoms with Gasteiger partial charge in [0.1, 0.15) is 17.5 Å². The molecule has 3 aromatic rings. The zero-order chi connectivity index (χ0) is 24.1. The molecule has 5 N–H and O–H groups in total. The number of amides is 3. The van der Waals surface area contributed by atoms with E-state index in [0.717, 1.165) is 12.8 Å². The van der Waals surface area contributed by atoms with Crippen molar-refractivity contribution in [1.29, 1.82) is 0 Å². The number of likely N-dealkylation sites (tertiary alicyclic amines) is 1. The number of primary amides is 1. The number of nitrogens with zero attached hydrogens (tertiary/aromatic N) is 3. The predicted octanol–water partition coefficient (Wildman–Crippen LogP) is 3.84. The number of aromatic nitrogens is 2. The fraction of sp³-hybridized carbons (Fsp3) is 0.217. The van der Waals surface area contributed by atoms with E-state index in [9.17, 15) is 18.4 Å². The maximum absolute atomic E-state index is 14.3. The Morgan fingerprint density at radius 1 is 1.06 bits per heavy atom. The van der Waals surface area contributed by atoms with Crippen LogP contribution in [0, 0.1) is 11.6 Å². The van der Waals surface area contributed by atoms with Crippen LogP contribution in [-0.4, -0.2) is 39.9 Å². The summed E-state index contributed by atoms with van der Waals surface area (Å²) in [6.07, 6.45) is 3.08. The molecule has 1 aliphatic rings. The molecule has 9 nitrogen and oxygen atoms in total. The molecule has 34 heavy (non-hydrogen) atoms. The molecule has 2 aromatic carbocycles. The van der Waals surface area contributed by atoms with Crippen LogP contribution in [0.15, 0.2) is 48.7 Å². The molecule has 11 heteroatoms. The van der Waals surface area contributed by atoms with Crippen LogP contribution in [0.5, 0.6) is 0 Å². The number of hydrogen-bond acceptors (Lipinski definition) is 6. The SMILES string of the molecule is NC(=O)c1cnc(Nc2ccc(F)c(NC(=O)N3CCCC3)c2)nc1NCc1ccccc1F. The van der Waals surface area contributed by atoms with E-state index in [1.54, 1.807) is 23.1 Å². The van der Waals surface area contributed by atoms with Crippen LogP contribution in [-0.2, 0) is 6.54 Å². The van der Waals surface area contributed by atoms with Gasteiger partial charge in [0.25, 0.3) is 5.91 Å². The summed E-state index contributed by atoms with van der Waals surface area (Å²) in [5.74, 6) is -1.55. The van der Waals surface area contributed by atoms with Crippen molar-refractivity contribution in [3.05, 3.63) is 71.4 Å². The second kappa shape index (κ2) is 10.1. The highest BCUT2D eigenvalue weighted by Crippen LogP contribution is 2.24. The molecule has 176 valence electrons. The Hall–Kier alpha value is -4.28. The van der Waals surface area contributed by atoms with Gasteiger partial charge in [0.15, 0.2) is 0 Å². The van der Waals surface area contributed by atoms with Gasteiger partial charge in [-0.15, -0.1) is 0 Å². The highest BCUT2D eigenvalue weighted by Gasteiger charge is 2.19. The largest absolute Gasteiger partial charge is 0.365 e. The van der Waals surface area contributed by atoms with E-state index < -0.39 is 17.5 Å². The third kappa shape index (κ3) is 5.37. The maximum Gasteiger partial charge on any atom is 0.321 e. The molecule has 4 rings (SSSR count). The summed E-state index contributed by atoms with van der Waals surface area (Å²) >= 11 is 0. The van der Waals surface area contributed by atoms with Gasteiger partial charge < -0.3 is 26.6 Å². The van der Waals surface area contributed by atoms with Crippen molar-refractivity contribution in [3.8, 4) is 0 Å². The lowest BCUT2D eigenvalue weighted by Crippen LogP contribution is -2.32. The summed E-state index contributed by atoms with van der Waals surface area (Å²) < 4.78 is 28.2. The fourth-order valence-corrected chi connectivity index (χ4v) is 3.52. The van der Waals surface area contributed by atoms with E-state index in [2.05, 4.69) is 25.9 Å². The van der Waals surface area contributed by atoms with Crippen molar-refractivity contribution in [2.24, 2.45) is 5.73 Å². The quantitative estimate of drug-likeness (QED) is 0.418. The Morgan fingerprint density at radius 3 is 2.56 bits per heavy atom. The third-order valence-corrected chi connectivity index (χ3v) is 5.32. The highest BCUT2D eigenvalue weighted by atomic mass is 19.1. The van der Waals surface area contributed by atoms with Crippen molar-refractivity contribution in [1.82, 2.24) is 14.9 Å². The molecule has 0 unspecified atom stereocenters. The molecule has 1 aromatic heterocycles. The number of nitrogens with one attached hydrogen (secondary N) is 3. The molecule has 0 saturated carbocycles. The fourth-order valence-electron chi connectivity index (χ4n) is 3.52. The van der Waals surface area contributed by atoms with Crippen molar-refractivity contribution in [2.45, 2.75) is 19.4 Å². The van der Waals surface area contributed by atoms with Crippen LogP contribution >= 0.6 is 0 Å². The van der Waals surface area contributed by atoms with Crippen LogP contribution in [0.2, 0.25) is 0 Å². The number of anilines is 4. The first-order chi connectivity index (χ1) is 16.4. The van der Waals surface area contributed by atoms with Crippen molar-refractivity contribution in [2.75, 3.05) is 29.0 Å². The number of carbonyl (C=O) groups excluding carboxylic acids is 2. The Bertz CT molecular complexity index is 1220. The molecule has 1 saturated heterocycles. The monoisotopic (exact) mass is 467 g/mol. The molecule has 3 amide bonds. The Balaban J connectivity index is 1.52. The van der Waals surface area contributed by atoms with Gasteiger partial charge in [-0.25, -0.2) is 18.6 Å². The molecule has 0 spiro atoms. The minimum atomic E-state index is -0.753. The van der Waals surface area contributed by atoms with E-state index in [-0.39, 0.29) is 35.6 Å². The van der Waals surface area contributed by atoms with E-state index >= 15 is 0 Å². The lowest BCUT2D eigenvalue weighted by atomic mass is 10.2. The molecule has 1 fully saturated rings. The van der Waals surface area contributed by atoms with Crippen molar-refractivity contribution >= 4 is 35.1 Å². The lowest BCUT2D eigenvalue weighted by Gasteiger charge is -2.17. The normalized spacial score (nSPS) is 12.9. The summed E-state index contributed by atoms with van der Waals surface area (Å²) in [5, 5.41) is 8.39. The Morgan fingerprint density at radius 2 is 1.82 bits per heavy atom. The Kier molecular flexibility index (Phi) is 6.81. The lowest BCUT2D eigenvalue weighted by molar-refractivity contribution is 0.100. The standard InChI is InChI=1S/C23H23F2N7O2/c24-17-6-2-1-5-14(17)12-27-21-16(20(26)33)13-28-22(31-21)29-15-7-8-18(25)19(11-15)30-23(34)32-9-3-4-10-32/h1-2,5-8,11,13H,3-4,9-10,12H2,(H2,26,33)(H,30,34)(H2,27,28,29,31). The van der Waals surface area contributed by atoms with E-state index in [0.29, 0.717) is 24.3 Å². The van der Waals surface area contributed by atoms with Gasteiger partial charge in [-0.05, 0) is 37.1 Å². The highest BCUT2D eigenvalue weighted by molar-refractivity contribution is 5.97. The van der Waals surface area contributed by atoms with E-state index in [4.69, 9.17) is 5.73 Å². The summed E-state index contributed by atoms with van der Waals surface area (Å²) in [6, 6.07) is 9.91. The first kappa shape index (κ1) is 22.9. The van der Waals surface area contributed by atoms with Gasteiger partial charge in [0.05, 0.1) is 11.3 Å². The second-order valence-corrected chi connectivity index (χ2v) is 7.71. The molecule has 0 radical (unpaired) electrons. The zero-order valence-electron chi connectivity index (χ0n) is 18.1. The van der Waals surface area contributed by atoms with Gasteiger partial charge in [0.2, 0.25) is 5.95 Å². The van der Waals surface area contributed by atoms with Gasteiger partial charge in [0, 0.05) is 37.1 Å². The van der Waals surface area contributed by atoms with Crippen LogP contribution in [0.3, 0.4) is 0 Å². The number of nitrogens with two attached hydrogens (primary N) is 1. The first-order valence-corrected chi connectivity index (χ1v) is 10.7. The van der Waals surface area contributed by atoms with Crippen LogP contribution < -0.4 is 21.7 Å². The zero-order valence-corrected chi connectivity index (χ0v) is 18.1. The molecule has 2 heterocycles. The average Bonchev–Trinajstić information content (AvgIpc) is 3.36. The van der Waals surface area contributed by atoms with Gasteiger partial charge >= 0.3 is 6.03 Å². The molecular formula is C23H23F2N7O2. The first-order valence-electron chi connectivity index (χ1n) is 10.7. The number of urea groups is 1. The van der Waals surface area contributed by atoms with Gasteiger partial charge in [-0.2, -0.15) is 4.98 Å². The topological polar surface area (TPSA) is 125 Å². The number of rotatable bonds is 7. The summed E-state index contributed by atoms with van der Waals surface area (Å²) in [5.41, 5.74) is 6.23. The van der Waals surface area contributed by atoms with E-state index in [1.807, 2.05) is 0 Å². The summed E-state index contributed by atoms with van der Waals surface area (Å²) in [4.78, 5) is 34.1. The van der Waals surface area contributed by atoms with Crippen LogP contribution in [0.4, 0.5) is 36.7 Å². The van der Waals surface area contributed by atoms with Gasteiger partial charge in [-0.1, -0.05) is 18.2 Å². The number of halogens is 2. The van der Waals surface area contributed by atoms with Crippen LogP contribution in [0.25, 0.3) is 0 Å². The number of hydrogen-bond donors (Lipinski definition) is 4. The molecule has 1 aliphatic heterocycles. The van der Waals surface area contributed by atoms with Crippen molar-refractivity contribution < 1.29 is 18.4 Å². The smallest absolute Gasteiger partial charge is 0.321 e. The maximum atomic E-state index is 14.3. The van der Waals surface area contributed by atoms with Crippen molar-refractivity contribution in [3.63, 3.8) is 0 Å². The second-order valence-electron chi connectivity index (χ2n) is 7.71. The number of benzene rings is 2. The minimum Gasteiger partial charge on any atom is -0.365 e. The molecular weight excluding hydrogens is 444 g/mol. The average molecular weight is 467 g/mol. The number of carbonyl (C=O) groups is 2. The molecule has 0 aliphatic carbocycles. The van der Waals surface area contributed by atoms with Gasteiger partial charge in [-0.3, -0.25) is 4.79 Å². The predicted molar refractivity (Wildman–Crippen MR) is 124 cm³/mol. The van der Waals surface area contributed by atoms with E-state index in [1.165, 1.54) is 30.5 Å². The summed E-state index contributed by atoms with van der Waals surface area (Å²) in [7, 11) is 0. The minimum absolute atomic E-state index is 0.00792. The molecule has 0 bridgehead atoms. The van der Waals surface area contributed by atoms with Crippen LogP contribution in [0.1, 0.15) is 28.8 Å². The summed E-state index contributed by atoms with van der Waals surface area (Å²) in [6.45, 7) is 1.33. The third-order valence-electron chi connectivity index (χ3n) is 5.32. The molecule has 0 atom stereocenters.